The van der Waals surface area contributed by atoms with Gasteiger partial charge in [-0.25, -0.2) is 0 Å². The van der Waals surface area contributed by atoms with Crippen LogP contribution in [0.1, 0.15) is 50.0 Å². The van der Waals surface area contributed by atoms with E-state index in [1.54, 1.807) is 0 Å². The molecule has 6 rings (SSSR count). The van der Waals surface area contributed by atoms with E-state index < -0.39 is 0 Å². The first kappa shape index (κ1) is 15.4. The van der Waals surface area contributed by atoms with Crippen molar-refractivity contribution in [2.75, 3.05) is 26.3 Å². The van der Waals surface area contributed by atoms with Gasteiger partial charge < -0.3 is 14.6 Å². The minimum Gasteiger partial charge on any atom is -0.379 e. The Hall–Kier alpha value is -0.910. The molecule has 0 amide bonds. The van der Waals surface area contributed by atoms with Crippen LogP contribution in [0.3, 0.4) is 0 Å². The summed E-state index contributed by atoms with van der Waals surface area (Å²) in [5, 5.41) is 8.21. The Morgan fingerprint density at radius 3 is 2.42 bits per heavy atom. The van der Waals surface area contributed by atoms with Crippen LogP contribution in [0.5, 0.6) is 0 Å². The van der Waals surface area contributed by atoms with Crippen LogP contribution >= 0.6 is 0 Å². The van der Waals surface area contributed by atoms with E-state index in [1.807, 2.05) is 0 Å². The SMILES string of the molecule is c1c(CNC23CC4CC(CC(C4)C2)C3)noc1CN1CCOCC1. The number of aromatic nitrogens is 1. The monoisotopic (exact) mass is 331 g/mol. The number of hydrogen-bond acceptors (Lipinski definition) is 5. The van der Waals surface area contributed by atoms with Crippen molar-refractivity contribution < 1.29 is 9.26 Å². The second-order valence-corrected chi connectivity index (χ2v) is 8.72. The molecule has 0 unspecified atom stereocenters. The Morgan fingerprint density at radius 1 is 1.08 bits per heavy atom. The summed E-state index contributed by atoms with van der Waals surface area (Å²) in [5.41, 5.74) is 1.46. The van der Waals surface area contributed by atoms with Crippen LogP contribution in [0.25, 0.3) is 0 Å². The zero-order chi connectivity index (χ0) is 16.0. The fourth-order valence-corrected chi connectivity index (χ4v) is 6.10. The summed E-state index contributed by atoms with van der Waals surface area (Å²) in [4.78, 5) is 2.38. The topological polar surface area (TPSA) is 50.5 Å². The molecule has 0 aromatic carbocycles. The molecule has 0 radical (unpaired) electrons. The second-order valence-electron chi connectivity index (χ2n) is 8.72. The third-order valence-corrected chi connectivity index (χ3v) is 6.77. The van der Waals surface area contributed by atoms with Crippen LogP contribution in [-0.4, -0.2) is 41.9 Å². The van der Waals surface area contributed by atoms with Crippen LogP contribution < -0.4 is 5.32 Å². The maximum atomic E-state index is 5.57. The van der Waals surface area contributed by atoms with E-state index in [1.165, 1.54) is 38.5 Å². The Kier molecular flexibility index (Phi) is 3.91. The van der Waals surface area contributed by atoms with Crippen molar-refractivity contribution in [3.05, 3.63) is 17.5 Å². The van der Waals surface area contributed by atoms with Crippen molar-refractivity contribution in [2.45, 2.75) is 57.2 Å². The highest BCUT2D eigenvalue weighted by molar-refractivity contribution is 5.10. The average molecular weight is 331 g/mol. The largest absolute Gasteiger partial charge is 0.379 e. The molecule has 4 saturated carbocycles. The maximum Gasteiger partial charge on any atom is 0.151 e. The minimum absolute atomic E-state index is 0.401. The van der Waals surface area contributed by atoms with E-state index in [-0.39, 0.29) is 0 Å². The van der Waals surface area contributed by atoms with Gasteiger partial charge in [-0.15, -0.1) is 0 Å². The molecule has 1 aliphatic heterocycles. The van der Waals surface area contributed by atoms with Gasteiger partial charge in [-0.1, -0.05) is 5.16 Å². The van der Waals surface area contributed by atoms with Crippen molar-refractivity contribution in [1.82, 2.24) is 15.4 Å². The summed E-state index contributed by atoms with van der Waals surface area (Å²) in [6.07, 6.45) is 8.64. The lowest BCUT2D eigenvalue weighted by Gasteiger charge is -2.57. The molecule has 5 aliphatic rings. The van der Waals surface area contributed by atoms with Gasteiger partial charge in [0.1, 0.15) is 0 Å². The van der Waals surface area contributed by atoms with E-state index in [0.717, 1.165) is 68.6 Å². The number of hydrogen-bond donors (Lipinski definition) is 1. The van der Waals surface area contributed by atoms with Crippen LogP contribution in [-0.2, 0) is 17.8 Å². The van der Waals surface area contributed by atoms with Gasteiger partial charge in [-0.2, -0.15) is 0 Å². The lowest BCUT2D eigenvalue weighted by Crippen LogP contribution is -2.58. The van der Waals surface area contributed by atoms with E-state index in [0.29, 0.717) is 5.54 Å². The lowest BCUT2D eigenvalue weighted by molar-refractivity contribution is -0.0208. The second kappa shape index (κ2) is 6.11. The molecule has 4 bridgehead atoms. The maximum absolute atomic E-state index is 5.57. The fourth-order valence-electron chi connectivity index (χ4n) is 6.10. The summed E-state index contributed by atoms with van der Waals surface area (Å²) in [7, 11) is 0. The molecule has 132 valence electrons. The van der Waals surface area contributed by atoms with Gasteiger partial charge in [0.15, 0.2) is 5.76 Å². The normalized spacial score (nSPS) is 38.8. The molecule has 4 aliphatic carbocycles. The molecule has 24 heavy (non-hydrogen) atoms. The third-order valence-electron chi connectivity index (χ3n) is 6.77. The summed E-state index contributed by atoms with van der Waals surface area (Å²) in [6, 6.07) is 2.14. The van der Waals surface area contributed by atoms with Gasteiger partial charge in [0.2, 0.25) is 0 Å². The van der Waals surface area contributed by atoms with Crippen LogP contribution in [0.4, 0.5) is 0 Å². The van der Waals surface area contributed by atoms with Crippen molar-refractivity contribution >= 4 is 0 Å². The number of nitrogens with zero attached hydrogens (tertiary/aromatic N) is 2. The van der Waals surface area contributed by atoms with Gasteiger partial charge >= 0.3 is 0 Å². The zero-order valence-electron chi connectivity index (χ0n) is 14.5. The minimum atomic E-state index is 0.401. The molecule has 5 fully saturated rings. The Balaban J connectivity index is 1.18. The fraction of sp³-hybridized carbons (Fsp3) is 0.842. The standard InChI is InChI=1S/C19H29N3O2/c1-3-23-4-2-22(1)13-18-8-17(21-24-18)12-20-19-9-14-5-15(10-19)7-16(6-14)11-19/h8,14-16,20H,1-7,9-13H2. The molecule has 2 heterocycles. The molecule has 0 atom stereocenters. The molecular formula is C19H29N3O2. The molecule has 0 spiro atoms. The first-order valence-corrected chi connectivity index (χ1v) is 9.76. The summed E-state index contributed by atoms with van der Waals surface area (Å²) >= 11 is 0. The van der Waals surface area contributed by atoms with Crippen molar-refractivity contribution in [1.29, 1.82) is 0 Å². The smallest absolute Gasteiger partial charge is 0.151 e. The zero-order valence-corrected chi connectivity index (χ0v) is 14.5. The molecule has 5 heteroatoms. The van der Waals surface area contributed by atoms with E-state index >= 15 is 0 Å². The summed E-state index contributed by atoms with van der Waals surface area (Å²) in [5.74, 6) is 3.94. The number of morpholine rings is 1. The van der Waals surface area contributed by atoms with E-state index in [4.69, 9.17) is 9.26 Å². The van der Waals surface area contributed by atoms with Crippen molar-refractivity contribution in [3.63, 3.8) is 0 Å². The quantitative estimate of drug-likeness (QED) is 0.899. The van der Waals surface area contributed by atoms with Crippen LogP contribution in [0, 0.1) is 17.8 Å². The van der Waals surface area contributed by atoms with Gasteiger partial charge in [-0.05, 0) is 56.3 Å². The predicted molar refractivity (Wildman–Crippen MR) is 90.3 cm³/mol. The molecule has 5 nitrogen and oxygen atoms in total. The lowest BCUT2D eigenvalue weighted by atomic mass is 9.53. The first-order chi connectivity index (χ1) is 11.8. The molecule has 1 N–H and O–H groups in total. The van der Waals surface area contributed by atoms with Gasteiger partial charge in [0.05, 0.1) is 25.5 Å². The van der Waals surface area contributed by atoms with Gasteiger partial charge in [0, 0.05) is 31.2 Å². The number of rotatable bonds is 5. The predicted octanol–water partition coefficient (Wildman–Crippen LogP) is 2.57. The Bertz CT molecular complexity index is 544. The Labute approximate surface area is 144 Å². The molecule has 1 aromatic rings. The van der Waals surface area contributed by atoms with E-state index in [2.05, 4.69) is 21.4 Å². The molecule has 1 aromatic heterocycles. The third kappa shape index (κ3) is 3.02. The highest BCUT2D eigenvalue weighted by Crippen LogP contribution is 2.55. The highest BCUT2D eigenvalue weighted by atomic mass is 16.5. The van der Waals surface area contributed by atoms with Crippen LogP contribution in [0.2, 0.25) is 0 Å². The highest BCUT2D eigenvalue weighted by Gasteiger charge is 2.50. The van der Waals surface area contributed by atoms with Crippen LogP contribution in [0.15, 0.2) is 10.6 Å². The molecule has 1 saturated heterocycles. The molecular weight excluding hydrogens is 302 g/mol. The number of nitrogens with one attached hydrogen (secondary N) is 1. The van der Waals surface area contributed by atoms with Crippen molar-refractivity contribution in [2.24, 2.45) is 17.8 Å². The van der Waals surface area contributed by atoms with Crippen molar-refractivity contribution in [3.8, 4) is 0 Å². The van der Waals surface area contributed by atoms with Gasteiger partial charge in [-0.3, -0.25) is 4.90 Å². The first-order valence-electron chi connectivity index (χ1n) is 9.76. The van der Waals surface area contributed by atoms with E-state index in [9.17, 15) is 0 Å². The summed E-state index contributed by atoms with van der Waals surface area (Å²) in [6.45, 7) is 5.35. The van der Waals surface area contributed by atoms with Gasteiger partial charge in [0.25, 0.3) is 0 Å². The number of ether oxygens (including phenoxy) is 1. The summed E-state index contributed by atoms with van der Waals surface area (Å²) < 4.78 is 11.0. The Morgan fingerprint density at radius 2 is 1.75 bits per heavy atom. The average Bonchev–Trinajstić information content (AvgIpc) is 3.00.